The van der Waals surface area contributed by atoms with Crippen LogP contribution in [0.5, 0.6) is 0 Å². The van der Waals surface area contributed by atoms with E-state index in [1.807, 2.05) is 30.3 Å². The van der Waals surface area contributed by atoms with Crippen molar-refractivity contribution in [3.05, 3.63) is 78.1 Å². The maximum Gasteiger partial charge on any atom is 0.327 e. The first-order chi connectivity index (χ1) is 16.2. The van der Waals surface area contributed by atoms with Crippen molar-refractivity contribution < 1.29 is 14.7 Å². The Balaban J connectivity index is 0.00000342. The lowest BCUT2D eigenvalue weighted by Crippen LogP contribution is -2.42. The molecule has 0 saturated heterocycles. The second-order valence-electron chi connectivity index (χ2n) is 8.97. The summed E-state index contributed by atoms with van der Waals surface area (Å²) in [5.41, 5.74) is 3.73. The predicted octanol–water partition coefficient (Wildman–Crippen LogP) is 5.53. The maximum atomic E-state index is 12.9. The normalized spacial score (nSPS) is 12.1. The molecule has 0 radical (unpaired) electrons. The lowest BCUT2D eigenvalue weighted by molar-refractivity contribution is -0.138. The number of rotatable bonds is 7. The predicted molar refractivity (Wildman–Crippen MR) is 141 cm³/mol. The molecule has 8 heteroatoms. The zero-order valence-electron chi connectivity index (χ0n) is 19.2. The lowest BCUT2D eigenvalue weighted by Gasteiger charge is -2.23. The Labute approximate surface area is 209 Å². The van der Waals surface area contributed by atoms with Crippen LogP contribution in [0.4, 0.5) is 0 Å². The Hall–Kier alpha value is -3.65. The van der Waals surface area contributed by atoms with Gasteiger partial charge in [-0.2, -0.15) is 0 Å². The molecule has 0 aliphatic carbocycles. The summed E-state index contributed by atoms with van der Waals surface area (Å²) >= 11 is 1.43. The highest BCUT2D eigenvalue weighted by Gasteiger charge is 2.24. The number of carbonyl (C=O) groups is 2. The zero-order valence-corrected chi connectivity index (χ0v) is 20.0. The highest BCUT2D eigenvalue weighted by molar-refractivity contribution is 7.99. The Bertz CT molecular complexity index is 1330. The van der Waals surface area contributed by atoms with Crippen molar-refractivity contribution in [1.82, 2.24) is 20.3 Å². The van der Waals surface area contributed by atoms with E-state index in [9.17, 15) is 14.7 Å². The molecule has 0 fully saturated rings. The van der Waals surface area contributed by atoms with Gasteiger partial charge in [-0.1, -0.05) is 46.4 Å². The quantitative estimate of drug-likeness (QED) is 0.294. The van der Waals surface area contributed by atoms with E-state index < -0.39 is 17.9 Å². The van der Waals surface area contributed by atoms with Crippen molar-refractivity contribution in [3.8, 4) is 11.4 Å². The number of carbonyl (C=O) groups excluding carboxylic acids is 1. The third-order valence-corrected chi connectivity index (χ3v) is 6.57. The van der Waals surface area contributed by atoms with Crippen molar-refractivity contribution in [2.75, 3.05) is 5.75 Å². The van der Waals surface area contributed by atoms with Gasteiger partial charge in [0.15, 0.2) is 0 Å². The fourth-order valence-corrected chi connectivity index (χ4v) is 4.88. The van der Waals surface area contributed by atoms with Crippen molar-refractivity contribution >= 4 is 34.7 Å². The van der Waals surface area contributed by atoms with E-state index in [2.05, 4.69) is 47.1 Å². The molecule has 0 unspecified atom stereocenters. The van der Waals surface area contributed by atoms with E-state index in [4.69, 9.17) is 0 Å². The number of hydrogen-bond donors (Lipinski definition) is 3. The van der Waals surface area contributed by atoms with E-state index in [-0.39, 0.29) is 18.6 Å². The number of carboxylic acids is 1. The molecule has 2 heterocycles. The number of H-pyrrole nitrogens is 1. The molecule has 2 aromatic heterocycles. The van der Waals surface area contributed by atoms with Crippen LogP contribution in [0.15, 0.2) is 71.9 Å². The number of aromatic nitrogens is 3. The van der Waals surface area contributed by atoms with Crippen LogP contribution in [0, 0.1) is 0 Å². The van der Waals surface area contributed by atoms with Crippen molar-refractivity contribution in [2.45, 2.75) is 44.6 Å². The molecule has 2 aromatic carbocycles. The summed E-state index contributed by atoms with van der Waals surface area (Å²) in [4.78, 5) is 37.6. The molecule has 35 heavy (non-hydrogen) atoms. The van der Waals surface area contributed by atoms with E-state index in [0.717, 1.165) is 16.0 Å². The molecule has 1 atom stereocenters. The molecule has 7 nitrogen and oxygen atoms in total. The van der Waals surface area contributed by atoms with Gasteiger partial charge >= 0.3 is 5.97 Å². The highest BCUT2D eigenvalue weighted by atomic mass is 32.2. The van der Waals surface area contributed by atoms with Gasteiger partial charge in [0.1, 0.15) is 11.9 Å². The number of pyridine rings is 1. The van der Waals surface area contributed by atoms with Gasteiger partial charge in [0.2, 0.25) is 0 Å². The summed E-state index contributed by atoms with van der Waals surface area (Å²) in [6, 6.07) is 15.7. The van der Waals surface area contributed by atoms with E-state index in [0.29, 0.717) is 22.4 Å². The second-order valence-corrected chi connectivity index (χ2v) is 10.0. The van der Waals surface area contributed by atoms with Crippen LogP contribution in [0.3, 0.4) is 0 Å². The fraction of sp³-hybridized carbons (Fsp3) is 0.259. The number of hydrogen-bond acceptors (Lipinski definition) is 5. The Kier molecular flexibility index (Phi) is 7.96. The molecule has 0 aliphatic heterocycles. The molecular formula is C27H30N4O3S. The smallest absolute Gasteiger partial charge is 0.327 e. The van der Waals surface area contributed by atoms with Crippen LogP contribution < -0.4 is 5.32 Å². The minimum atomic E-state index is -1.07. The van der Waals surface area contributed by atoms with Crippen LogP contribution >= 0.6 is 11.8 Å². The van der Waals surface area contributed by atoms with Crippen molar-refractivity contribution in [3.63, 3.8) is 0 Å². The van der Waals surface area contributed by atoms with Gasteiger partial charge in [-0.15, -0.1) is 11.8 Å². The van der Waals surface area contributed by atoms with Crippen LogP contribution in [0.25, 0.3) is 22.4 Å². The Morgan fingerprint density at radius 3 is 2.49 bits per heavy atom. The number of nitrogens with one attached hydrogen (secondary N) is 2. The maximum absolute atomic E-state index is 12.9. The van der Waals surface area contributed by atoms with Gasteiger partial charge in [0.25, 0.3) is 5.91 Å². The van der Waals surface area contributed by atoms with Gasteiger partial charge in [0.05, 0.1) is 11.0 Å². The van der Waals surface area contributed by atoms with Crippen LogP contribution in [-0.4, -0.2) is 43.7 Å². The van der Waals surface area contributed by atoms with E-state index >= 15 is 0 Å². The number of aromatic amines is 1. The number of thioether (sulfide) groups is 1. The fourth-order valence-electron chi connectivity index (χ4n) is 3.60. The topological polar surface area (TPSA) is 108 Å². The Morgan fingerprint density at radius 1 is 1.09 bits per heavy atom. The third kappa shape index (κ3) is 6.08. The second kappa shape index (κ2) is 10.7. The number of fused-ring (bicyclic) bond motifs is 1. The molecule has 0 spiro atoms. The van der Waals surface area contributed by atoms with Gasteiger partial charge in [0, 0.05) is 34.2 Å². The number of amides is 1. The standard InChI is InChI=1S/C26H26N4O3S.CH4/c1-26(2,3)18-6-4-5-7-22(18)34-15-21(25(32)33)30-24(31)17-8-9-19-20(14-17)29-23(28-19)16-10-12-27-13-11-16;/h4-14,21H,15H2,1-3H3,(H,28,29)(H,30,31)(H,32,33);1H4/t21-;/m0./s1. The number of aliphatic carboxylic acids is 1. The minimum absolute atomic E-state index is 0. The zero-order chi connectivity index (χ0) is 24.3. The summed E-state index contributed by atoms with van der Waals surface area (Å²) < 4.78 is 0. The Morgan fingerprint density at radius 2 is 1.80 bits per heavy atom. The molecular weight excluding hydrogens is 460 g/mol. The summed E-state index contributed by atoms with van der Waals surface area (Å²) in [7, 11) is 0. The average molecular weight is 491 g/mol. The first-order valence-corrected chi connectivity index (χ1v) is 11.9. The van der Waals surface area contributed by atoms with Crippen LogP contribution in [-0.2, 0) is 10.2 Å². The SMILES string of the molecule is C.CC(C)(C)c1ccccc1SC[C@H](NC(=O)c1ccc2nc(-c3ccncc3)[nH]c2c1)C(=O)O. The summed E-state index contributed by atoms with van der Waals surface area (Å²) in [5, 5.41) is 12.4. The molecule has 0 aliphatic rings. The minimum Gasteiger partial charge on any atom is -0.480 e. The molecule has 0 saturated carbocycles. The molecule has 4 rings (SSSR count). The number of benzene rings is 2. The summed E-state index contributed by atoms with van der Waals surface area (Å²) in [6.45, 7) is 6.36. The highest BCUT2D eigenvalue weighted by Crippen LogP contribution is 2.32. The largest absolute Gasteiger partial charge is 0.480 e. The number of imidazole rings is 1. The van der Waals surface area contributed by atoms with Gasteiger partial charge in [-0.3, -0.25) is 9.78 Å². The summed E-state index contributed by atoms with van der Waals surface area (Å²) in [6.07, 6.45) is 3.37. The van der Waals surface area contributed by atoms with Gasteiger partial charge in [-0.25, -0.2) is 9.78 Å². The van der Waals surface area contributed by atoms with E-state index in [1.54, 1.807) is 30.6 Å². The first kappa shape index (κ1) is 26.0. The monoisotopic (exact) mass is 490 g/mol. The third-order valence-electron chi connectivity index (χ3n) is 5.40. The van der Waals surface area contributed by atoms with Gasteiger partial charge < -0.3 is 15.4 Å². The number of nitrogens with zero attached hydrogens (tertiary/aromatic N) is 2. The van der Waals surface area contributed by atoms with Gasteiger partial charge in [-0.05, 0) is 47.4 Å². The van der Waals surface area contributed by atoms with Crippen molar-refractivity contribution in [1.29, 1.82) is 0 Å². The molecule has 182 valence electrons. The lowest BCUT2D eigenvalue weighted by atomic mass is 9.87. The number of carboxylic acid groups (broad SMARTS) is 1. The first-order valence-electron chi connectivity index (χ1n) is 10.9. The van der Waals surface area contributed by atoms with Crippen molar-refractivity contribution in [2.24, 2.45) is 0 Å². The van der Waals surface area contributed by atoms with E-state index in [1.165, 1.54) is 11.8 Å². The summed E-state index contributed by atoms with van der Waals surface area (Å²) in [5.74, 6) is -0.629. The molecule has 1 amide bonds. The average Bonchev–Trinajstić information content (AvgIpc) is 3.25. The van der Waals surface area contributed by atoms with Crippen LogP contribution in [0.1, 0.15) is 44.1 Å². The van der Waals surface area contributed by atoms with Crippen LogP contribution in [0.2, 0.25) is 0 Å². The molecule has 3 N–H and O–H groups in total. The molecule has 0 bridgehead atoms. The molecule has 4 aromatic rings.